The van der Waals surface area contributed by atoms with Crippen LogP contribution in [0.1, 0.15) is 13.8 Å². The Hall–Kier alpha value is -0.170. The molecule has 3 saturated heterocycles. The molecule has 3 aliphatic rings. The summed E-state index contributed by atoms with van der Waals surface area (Å²) in [7, 11) is 0. The minimum absolute atomic E-state index is 0.235. The number of carbonyl (C=O) groups excluding carboxylic acids is 1. The SMILES string of the molecule is CC1(C)O[C@@H]2[C@H](O1)[C@H]1OC(=O)[C@H](Br)[C@@H]2O1. The molecule has 3 fully saturated rings. The Balaban J connectivity index is 1.90. The summed E-state index contributed by atoms with van der Waals surface area (Å²) in [4.78, 5) is 10.9. The normalized spacial score (nSPS) is 51.4. The first-order chi connectivity index (χ1) is 6.98. The van der Waals surface area contributed by atoms with Crippen molar-refractivity contribution in [2.24, 2.45) is 0 Å². The maximum absolute atomic E-state index is 11.4. The monoisotopic (exact) mass is 278 g/mol. The zero-order valence-corrected chi connectivity index (χ0v) is 9.89. The molecule has 3 aliphatic heterocycles. The molecule has 2 bridgehead atoms. The van der Waals surface area contributed by atoms with Crippen LogP contribution >= 0.6 is 15.9 Å². The number of hydrogen-bond acceptors (Lipinski definition) is 5. The predicted octanol–water partition coefficient (Wildman–Crippen LogP) is 0.552. The topological polar surface area (TPSA) is 54.0 Å². The van der Waals surface area contributed by atoms with Gasteiger partial charge in [0, 0.05) is 0 Å². The molecule has 0 N–H and O–H groups in total. The van der Waals surface area contributed by atoms with Gasteiger partial charge in [-0.3, -0.25) is 4.79 Å². The predicted molar refractivity (Wildman–Crippen MR) is 51.3 cm³/mol. The van der Waals surface area contributed by atoms with Crippen molar-refractivity contribution in [3.63, 3.8) is 0 Å². The van der Waals surface area contributed by atoms with Crippen LogP contribution in [0.3, 0.4) is 0 Å². The van der Waals surface area contributed by atoms with E-state index in [-0.39, 0.29) is 24.3 Å². The van der Waals surface area contributed by atoms with Crippen molar-refractivity contribution in [1.29, 1.82) is 0 Å². The standard InChI is InChI=1S/C9H11BrO5/c1-9(2)14-5-4-3(10)7(11)13-8(12-4)6(5)15-9/h3-6,8H,1-2H3/t3-,4+,5+,6+,8-/m1/s1. The van der Waals surface area contributed by atoms with Crippen LogP contribution in [0, 0.1) is 0 Å². The third-order valence-corrected chi connectivity index (χ3v) is 3.69. The van der Waals surface area contributed by atoms with Crippen molar-refractivity contribution in [1.82, 2.24) is 0 Å². The highest BCUT2D eigenvalue weighted by atomic mass is 79.9. The lowest BCUT2D eigenvalue weighted by Gasteiger charge is -2.29. The van der Waals surface area contributed by atoms with E-state index in [2.05, 4.69) is 15.9 Å². The highest BCUT2D eigenvalue weighted by molar-refractivity contribution is 9.10. The van der Waals surface area contributed by atoms with Crippen LogP contribution in [0.4, 0.5) is 0 Å². The molecule has 0 aromatic rings. The first-order valence-electron chi connectivity index (χ1n) is 4.84. The van der Waals surface area contributed by atoms with E-state index in [1.54, 1.807) is 0 Å². The molecule has 3 rings (SSSR count). The summed E-state index contributed by atoms with van der Waals surface area (Å²) in [6.07, 6.45) is -1.48. The first-order valence-corrected chi connectivity index (χ1v) is 5.75. The van der Waals surface area contributed by atoms with E-state index in [1.807, 2.05) is 13.8 Å². The lowest BCUT2D eigenvalue weighted by atomic mass is 10.1. The summed E-state index contributed by atoms with van der Waals surface area (Å²) >= 11 is 3.25. The Morgan fingerprint density at radius 1 is 1.20 bits per heavy atom. The number of alkyl halides is 1. The molecule has 0 aromatic carbocycles. The average Bonchev–Trinajstić information content (AvgIpc) is 2.57. The molecule has 0 radical (unpaired) electrons. The third-order valence-electron chi connectivity index (χ3n) is 2.79. The van der Waals surface area contributed by atoms with Gasteiger partial charge in [-0.15, -0.1) is 0 Å². The number of halogens is 1. The summed E-state index contributed by atoms with van der Waals surface area (Å²) in [6.45, 7) is 3.68. The van der Waals surface area contributed by atoms with E-state index in [1.165, 1.54) is 0 Å². The van der Waals surface area contributed by atoms with E-state index < -0.39 is 16.9 Å². The smallest absolute Gasteiger partial charge is 0.324 e. The molecule has 84 valence electrons. The fraction of sp³-hybridized carbons (Fsp3) is 0.889. The Morgan fingerprint density at radius 3 is 2.60 bits per heavy atom. The van der Waals surface area contributed by atoms with Crippen LogP contribution < -0.4 is 0 Å². The lowest BCUT2D eigenvalue weighted by molar-refractivity contribution is -0.246. The van der Waals surface area contributed by atoms with Gasteiger partial charge < -0.3 is 18.9 Å². The van der Waals surface area contributed by atoms with Crippen LogP contribution in [-0.4, -0.2) is 41.2 Å². The Kier molecular flexibility index (Phi) is 1.96. The maximum Gasteiger partial charge on any atom is 0.324 e. The Morgan fingerprint density at radius 2 is 1.87 bits per heavy atom. The number of esters is 1. The van der Waals surface area contributed by atoms with Gasteiger partial charge in [0.05, 0.1) is 0 Å². The van der Waals surface area contributed by atoms with Gasteiger partial charge in [0.1, 0.15) is 17.0 Å². The quantitative estimate of drug-likeness (QED) is 0.479. The van der Waals surface area contributed by atoms with E-state index in [0.717, 1.165) is 0 Å². The highest BCUT2D eigenvalue weighted by Gasteiger charge is 2.62. The van der Waals surface area contributed by atoms with Crippen molar-refractivity contribution in [2.75, 3.05) is 0 Å². The van der Waals surface area contributed by atoms with Crippen molar-refractivity contribution in [3.05, 3.63) is 0 Å². The molecule has 0 saturated carbocycles. The minimum atomic E-state index is -0.633. The number of fused-ring (bicyclic) bond motifs is 5. The summed E-state index contributed by atoms with van der Waals surface area (Å²) in [5.41, 5.74) is 0. The second kappa shape index (κ2) is 2.94. The molecule has 0 aliphatic carbocycles. The molecular weight excluding hydrogens is 268 g/mol. The van der Waals surface area contributed by atoms with Gasteiger partial charge in [-0.05, 0) is 13.8 Å². The van der Waals surface area contributed by atoms with E-state index in [9.17, 15) is 4.79 Å². The van der Waals surface area contributed by atoms with Gasteiger partial charge in [0.25, 0.3) is 0 Å². The van der Waals surface area contributed by atoms with E-state index >= 15 is 0 Å². The van der Waals surface area contributed by atoms with Crippen LogP contribution in [0.2, 0.25) is 0 Å². The summed E-state index contributed by atoms with van der Waals surface area (Å²) < 4.78 is 21.9. The van der Waals surface area contributed by atoms with E-state index in [0.29, 0.717) is 0 Å². The molecule has 15 heavy (non-hydrogen) atoms. The van der Waals surface area contributed by atoms with Gasteiger partial charge in [-0.2, -0.15) is 0 Å². The molecule has 0 amide bonds. The van der Waals surface area contributed by atoms with Crippen molar-refractivity contribution < 1.29 is 23.7 Å². The lowest BCUT2D eigenvalue weighted by Crippen LogP contribution is -2.43. The summed E-state index contributed by atoms with van der Waals surface area (Å²) in [6, 6.07) is 0. The summed E-state index contributed by atoms with van der Waals surface area (Å²) in [5.74, 6) is -0.942. The zero-order valence-electron chi connectivity index (χ0n) is 8.31. The fourth-order valence-electron chi connectivity index (χ4n) is 2.24. The molecule has 0 aromatic heterocycles. The number of rotatable bonds is 0. The van der Waals surface area contributed by atoms with Crippen LogP contribution in [-0.2, 0) is 23.7 Å². The second-order valence-corrected chi connectivity index (χ2v) is 5.36. The van der Waals surface area contributed by atoms with Crippen molar-refractivity contribution in [2.45, 2.75) is 49.1 Å². The summed E-state index contributed by atoms with van der Waals surface area (Å²) in [5, 5.41) is 0. The maximum atomic E-state index is 11.4. The van der Waals surface area contributed by atoms with Gasteiger partial charge in [-0.25, -0.2) is 0 Å². The average molecular weight is 279 g/mol. The largest absolute Gasteiger partial charge is 0.432 e. The second-order valence-electron chi connectivity index (χ2n) is 4.37. The Bertz CT molecular complexity index is 318. The third kappa shape index (κ3) is 1.35. The molecule has 6 heteroatoms. The number of ether oxygens (including phenoxy) is 4. The van der Waals surface area contributed by atoms with Crippen LogP contribution in [0.5, 0.6) is 0 Å². The van der Waals surface area contributed by atoms with E-state index in [4.69, 9.17) is 18.9 Å². The zero-order chi connectivity index (χ0) is 10.8. The molecular formula is C9H11BrO5. The fourth-order valence-corrected chi connectivity index (χ4v) is 2.77. The minimum Gasteiger partial charge on any atom is -0.432 e. The molecule has 3 heterocycles. The van der Waals surface area contributed by atoms with Gasteiger partial charge in [0.15, 0.2) is 11.9 Å². The van der Waals surface area contributed by atoms with Crippen LogP contribution in [0.15, 0.2) is 0 Å². The van der Waals surface area contributed by atoms with Crippen LogP contribution in [0.25, 0.3) is 0 Å². The van der Waals surface area contributed by atoms with Gasteiger partial charge in [-0.1, -0.05) is 15.9 Å². The number of carbonyl (C=O) groups is 1. The molecule has 0 unspecified atom stereocenters. The number of hydrogen-bond donors (Lipinski definition) is 0. The molecule has 5 nitrogen and oxygen atoms in total. The van der Waals surface area contributed by atoms with Gasteiger partial charge in [0.2, 0.25) is 6.29 Å². The highest BCUT2D eigenvalue weighted by Crippen LogP contribution is 2.43. The van der Waals surface area contributed by atoms with Crippen molar-refractivity contribution >= 4 is 21.9 Å². The van der Waals surface area contributed by atoms with Crippen molar-refractivity contribution in [3.8, 4) is 0 Å². The Labute approximate surface area is 95.1 Å². The molecule has 0 spiro atoms. The molecule has 5 atom stereocenters. The first kappa shape index (κ1) is 10.0. The van der Waals surface area contributed by atoms with Gasteiger partial charge >= 0.3 is 5.97 Å².